The minimum atomic E-state index is -1.25. The SMILES string of the molecule is CCN(C(=O)C1CC(=O)N(C2CC2)C1)C(C)(C)C(=O)O. The van der Waals surface area contributed by atoms with Gasteiger partial charge in [-0.15, -0.1) is 0 Å². The summed E-state index contributed by atoms with van der Waals surface area (Å²) < 4.78 is 0. The zero-order valence-electron chi connectivity index (χ0n) is 12.3. The first-order valence-corrected chi connectivity index (χ1v) is 7.13. The Morgan fingerprint density at radius 2 is 2.00 bits per heavy atom. The van der Waals surface area contributed by atoms with Gasteiger partial charge in [-0.3, -0.25) is 9.59 Å². The first-order valence-electron chi connectivity index (χ1n) is 7.13. The number of hydrogen-bond donors (Lipinski definition) is 1. The van der Waals surface area contributed by atoms with Crippen LogP contribution in [0.25, 0.3) is 0 Å². The Hall–Kier alpha value is -1.59. The van der Waals surface area contributed by atoms with E-state index in [-0.39, 0.29) is 18.2 Å². The van der Waals surface area contributed by atoms with Crippen LogP contribution < -0.4 is 0 Å². The van der Waals surface area contributed by atoms with E-state index in [2.05, 4.69) is 0 Å². The molecule has 0 spiro atoms. The van der Waals surface area contributed by atoms with Gasteiger partial charge >= 0.3 is 5.97 Å². The molecule has 0 aromatic carbocycles. The standard InChI is InChI=1S/C14H22N2O4/c1-4-16(14(2,3)13(19)20)12(18)9-7-11(17)15(8-9)10-5-6-10/h9-10H,4-8H2,1-3H3,(H,19,20). The lowest BCUT2D eigenvalue weighted by Gasteiger charge is -2.35. The van der Waals surface area contributed by atoms with Crippen LogP contribution in [0, 0.1) is 5.92 Å². The first kappa shape index (κ1) is 14.8. The number of rotatable bonds is 5. The van der Waals surface area contributed by atoms with Crippen LogP contribution in [-0.4, -0.2) is 57.4 Å². The molecule has 1 aliphatic carbocycles. The van der Waals surface area contributed by atoms with Crippen molar-refractivity contribution in [2.75, 3.05) is 13.1 Å². The number of carboxylic acid groups (broad SMARTS) is 1. The highest BCUT2D eigenvalue weighted by Crippen LogP contribution is 2.33. The summed E-state index contributed by atoms with van der Waals surface area (Å²) in [5.41, 5.74) is -1.25. The molecule has 0 bridgehead atoms. The number of amides is 2. The molecule has 2 amide bonds. The minimum Gasteiger partial charge on any atom is -0.480 e. The summed E-state index contributed by atoms with van der Waals surface area (Å²) in [6.07, 6.45) is 2.25. The average molecular weight is 282 g/mol. The van der Waals surface area contributed by atoms with Crippen molar-refractivity contribution in [3.8, 4) is 0 Å². The zero-order chi connectivity index (χ0) is 15.1. The van der Waals surface area contributed by atoms with Gasteiger partial charge in [0.1, 0.15) is 5.54 Å². The largest absolute Gasteiger partial charge is 0.480 e. The number of carbonyl (C=O) groups is 3. The van der Waals surface area contributed by atoms with Crippen molar-refractivity contribution in [1.29, 1.82) is 0 Å². The zero-order valence-corrected chi connectivity index (χ0v) is 12.3. The van der Waals surface area contributed by atoms with Crippen molar-refractivity contribution in [3.63, 3.8) is 0 Å². The highest BCUT2D eigenvalue weighted by Gasteiger charge is 2.46. The summed E-state index contributed by atoms with van der Waals surface area (Å²) in [5, 5.41) is 9.27. The van der Waals surface area contributed by atoms with Crippen LogP contribution in [0.5, 0.6) is 0 Å². The van der Waals surface area contributed by atoms with Gasteiger partial charge in [0.05, 0.1) is 5.92 Å². The summed E-state index contributed by atoms with van der Waals surface area (Å²) in [6.45, 7) is 5.57. The van der Waals surface area contributed by atoms with Crippen molar-refractivity contribution < 1.29 is 19.5 Å². The molecule has 1 heterocycles. The predicted octanol–water partition coefficient (Wildman–Crippen LogP) is 0.709. The third kappa shape index (κ3) is 2.51. The molecule has 1 saturated carbocycles. The summed E-state index contributed by atoms with van der Waals surface area (Å²) in [7, 11) is 0. The maximum Gasteiger partial charge on any atom is 0.329 e. The summed E-state index contributed by atoms with van der Waals surface area (Å²) in [4.78, 5) is 38.9. The second-order valence-electron chi connectivity index (χ2n) is 6.12. The molecule has 1 saturated heterocycles. The Kier molecular flexibility index (Phi) is 3.75. The lowest BCUT2D eigenvalue weighted by molar-refractivity contribution is -0.158. The summed E-state index contributed by atoms with van der Waals surface area (Å²) in [6, 6.07) is 0.308. The summed E-state index contributed by atoms with van der Waals surface area (Å²) in [5.74, 6) is -1.64. The molecule has 1 unspecified atom stereocenters. The second kappa shape index (κ2) is 5.07. The van der Waals surface area contributed by atoms with Crippen LogP contribution in [0.1, 0.15) is 40.0 Å². The van der Waals surface area contributed by atoms with Crippen molar-refractivity contribution in [2.45, 2.75) is 51.6 Å². The molecule has 1 N–H and O–H groups in total. The second-order valence-corrected chi connectivity index (χ2v) is 6.12. The third-order valence-electron chi connectivity index (χ3n) is 4.28. The van der Waals surface area contributed by atoms with Crippen LogP contribution >= 0.6 is 0 Å². The molecule has 0 aromatic heterocycles. The number of carboxylic acids is 1. The van der Waals surface area contributed by atoms with Crippen LogP contribution in [0.15, 0.2) is 0 Å². The number of hydrogen-bond acceptors (Lipinski definition) is 3. The van der Waals surface area contributed by atoms with Crippen LogP contribution in [-0.2, 0) is 14.4 Å². The van der Waals surface area contributed by atoms with Crippen molar-refractivity contribution in [3.05, 3.63) is 0 Å². The Balaban J connectivity index is 2.10. The lowest BCUT2D eigenvalue weighted by Crippen LogP contribution is -2.54. The van der Waals surface area contributed by atoms with E-state index in [1.165, 1.54) is 18.7 Å². The Morgan fingerprint density at radius 1 is 1.40 bits per heavy atom. The fourth-order valence-electron chi connectivity index (χ4n) is 2.80. The quantitative estimate of drug-likeness (QED) is 0.805. The molecule has 6 heteroatoms. The fourth-order valence-corrected chi connectivity index (χ4v) is 2.80. The van der Waals surface area contributed by atoms with E-state index in [0.29, 0.717) is 19.1 Å². The van der Waals surface area contributed by atoms with Gasteiger partial charge < -0.3 is 14.9 Å². The van der Waals surface area contributed by atoms with Crippen LogP contribution in [0.4, 0.5) is 0 Å². The van der Waals surface area contributed by atoms with Gasteiger partial charge in [0.15, 0.2) is 0 Å². The van der Waals surface area contributed by atoms with Gasteiger partial charge in [-0.1, -0.05) is 0 Å². The Bertz CT molecular complexity index is 442. The molecule has 2 rings (SSSR count). The predicted molar refractivity (Wildman–Crippen MR) is 71.9 cm³/mol. The van der Waals surface area contributed by atoms with Gasteiger partial charge in [-0.25, -0.2) is 4.79 Å². The molecule has 1 aliphatic heterocycles. The average Bonchev–Trinajstić information content (AvgIpc) is 3.12. The van der Waals surface area contributed by atoms with E-state index in [0.717, 1.165) is 12.8 Å². The highest BCUT2D eigenvalue weighted by atomic mass is 16.4. The van der Waals surface area contributed by atoms with E-state index >= 15 is 0 Å². The molecule has 0 radical (unpaired) electrons. The van der Waals surface area contributed by atoms with Gasteiger partial charge in [0, 0.05) is 25.6 Å². The van der Waals surface area contributed by atoms with Crippen LogP contribution in [0.2, 0.25) is 0 Å². The molecule has 1 atom stereocenters. The molecule has 0 aromatic rings. The molecule has 2 fully saturated rings. The lowest BCUT2D eigenvalue weighted by atomic mass is 9.99. The molecule has 20 heavy (non-hydrogen) atoms. The van der Waals surface area contributed by atoms with Gasteiger partial charge in [-0.05, 0) is 33.6 Å². The monoisotopic (exact) mass is 282 g/mol. The van der Waals surface area contributed by atoms with E-state index in [1.54, 1.807) is 11.8 Å². The molecule has 2 aliphatic rings. The van der Waals surface area contributed by atoms with Crippen molar-refractivity contribution in [2.24, 2.45) is 5.92 Å². The normalized spacial score (nSPS) is 23.1. The van der Waals surface area contributed by atoms with E-state index in [4.69, 9.17) is 0 Å². The minimum absolute atomic E-state index is 0.0232. The maximum atomic E-state index is 12.5. The molecule has 6 nitrogen and oxygen atoms in total. The number of carbonyl (C=O) groups excluding carboxylic acids is 2. The van der Waals surface area contributed by atoms with Gasteiger partial charge in [0.2, 0.25) is 11.8 Å². The highest BCUT2D eigenvalue weighted by molar-refractivity contribution is 5.92. The topological polar surface area (TPSA) is 77.9 Å². The maximum absolute atomic E-state index is 12.5. The van der Waals surface area contributed by atoms with Crippen LogP contribution in [0.3, 0.4) is 0 Å². The fraction of sp³-hybridized carbons (Fsp3) is 0.786. The Morgan fingerprint density at radius 3 is 2.45 bits per heavy atom. The molecular weight excluding hydrogens is 260 g/mol. The first-order chi connectivity index (χ1) is 9.28. The Labute approximate surface area is 118 Å². The number of likely N-dealkylation sites (tertiary alicyclic amines) is 1. The van der Waals surface area contributed by atoms with Crippen molar-refractivity contribution >= 4 is 17.8 Å². The van der Waals surface area contributed by atoms with Gasteiger partial charge in [-0.2, -0.15) is 0 Å². The summed E-state index contributed by atoms with van der Waals surface area (Å²) >= 11 is 0. The smallest absolute Gasteiger partial charge is 0.329 e. The third-order valence-corrected chi connectivity index (χ3v) is 4.28. The van der Waals surface area contributed by atoms with Gasteiger partial charge in [0.25, 0.3) is 0 Å². The molecular formula is C14H22N2O4. The van der Waals surface area contributed by atoms with Crippen molar-refractivity contribution in [1.82, 2.24) is 9.80 Å². The van der Waals surface area contributed by atoms with E-state index in [1.807, 2.05) is 0 Å². The number of nitrogens with zero attached hydrogens (tertiary/aromatic N) is 2. The molecule has 112 valence electrons. The van der Waals surface area contributed by atoms with E-state index < -0.39 is 17.4 Å². The number of aliphatic carboxylic acids is 1. The number of likely N-dealkylation sites (N-methyl/N-ethyl adjacent to an activating group) is 1. The van der Waals surface area contributed by atoms with E-state index in [9.17, 15) is 19.5 Å².